The summed E-state index contributed by atoms with van der Waals surface area (Å²) in [6, 6.07) is 7.89. The van der Waals surface area contributed by atoms with E-state index < -0.39 is 10.2 Å². The van der Waals surface area contributed by atoms with E-state index in [1.54, 1.807) is 7.11 Å². The molecule has 1 aromatic carbocycles. The lowest BCUT2D eigenvalue weighted by Gasteiger charge is -2.28. The number of methoxy groups -OCH3 is 1. The topological polar surface area (TPSA) is 61.9 Å². The highest BCUT2D eigenvalue weighted by molar-refractivity contribution is 7.87. The fourth-order valence-electron chi connectivity index (χ4n) is 2.65. The molecule has 6 nitrogen and oxygen atoms in total. The first-order valence-corrected chi connectivity index (χ1v) is 8.93. The second kappa shape index (κ2) is 7.41. The zero-order valence-electron chi connectivity index (χ0n) is 13.4. The molecule has 124 valence electrons. The van der Waals surface area contributed by atoms with Crippen LogP contribution in [0.2, 0.25) is 0 Å². The van der Waals surface area contributed by atoms with Gasteiger partial charge in [0, 0.05) is 26.7 Å². The van der Waals surface area contributed by atoms with Gasteiger partial charge in [0.1, 0.15) is 5.75 Å². The van der Waals surface area contributed by atoms with Crippen molar-refractivity contribution in [1.29, 1.82) is 0 Å². The summed E-state index contributed by atoms with van der Waals surface area (Å²) in [7, 11) is 1.28. The minimum atomic E-state index is -3.41. The summed E-state index contributed by atoms with van der Waals surface area (Å²) in [5.41, 5.74) is 1.10. The molecule has 0 amide bonds. The van der Waals surface area contributed by atoms with Gasteiger partial charge in [0.15, 0.2) is 0 Å². The van der Waals surface area contributed by atoms with Crippen LogP contribution in [0.5, 0.6) is 5.75 Å². The Morgan fingerprint density at radius 2 is 1.82 bits per heavy atom. The van der Waals surface area contributed by atoms with Crippen LogP contribution in [0.4, 0.5) is 0 Å². The zero-order valence-corrected chi connectivity index (χ0v) is 14.3. The molecule has 0 saturated carbocycles. The lowest BCUT2D eigenvalue weighted by Crippen LogP contribution is -2.41. The molecule has 0 aromatic heterocycles. The molecule has 1 unspecified atom stereocenters. The summed E-state index contributed by atoms with van der Waals surface area (Å²) >= 11 is 0. The molecular formula is C15H25N3O3S. The number of benzene rings is 1. The normalized spacial score (nSPS) is 17.8. The van der Waals surface area contributed by atoms with Crippen LogP contribution in [0.3, 0.4) is 0 Å². The molecule has 1 heterocycles. The fourth-order valence-corrected chi connectivity index (χ4v) is 3.28. The van der Waals surface area contributed by atoms with Crippen molar-refractivity contribution in [3.8, 4) is 5.75 Å². The average Bonchev–Trinajstić information content (AvgIpc) is 3.02. The smallest absolute Gasteiger partial charge is 0.278 e. The van der Waals surface area contributed by atoms with E-state index in [2.05, 4.69) is 9.62 Å². The Kier molecular flexibility index (Phi) is 5.80. The maximum atomic E-state index is 12.0. The van der Waals surface area contributed by atoms with Gasteiger partial charge in [-0.25, -0.2) is 4.72 Å². The molecule has 1 aliphatic rings. The van der Waals surface area contributed by atoms with Crippen LogP contribution in [0.1, 0.15) is 24.4 Å². The van der Waals surface area contributed by atoms with Crippen molar-refractivity contribution in [1.82, 2.24) is 13.9 Å². The van der Waals surface area contributed by atoms with Crippen LogP contribution in [0.25, 0.3) is 0 Å². The van der Waals surface area contributed by atoms with Crippen molar-refractivity contribution in [3.05, 3.63) is 29.8 Å². The van der Waals surface area contributed by atoms with Gasteiger partial charge in [-0.1, -0.05) is 12.1 Å². The molecule has 7 heteroatoms. The van der Waals surface area contributed by atoms with Gasteiger partial charge < -0.3 is 4.74 Å². The molecule has 1 fully saturated rings. The summed E-state index contributed by atoms with van der Waals surface area (Å²) in [5.74, 6) is 0.804. The van der Waals surface area contributed by atoms with Crippen molar-refractivity contribution >= 4 is 10.2 Å². The lowest BCUT2D eigenvalue weighted by atomic mass is 10.1. The van der Waals surface area contributed by atoms with Gasteiger partial charge >= 0.3 is 0 Å². The molecule has 0 bridgehead atoms. The molecule has 1 aromatic rings. The number of nitrogens with one attached hydrogen (secondary N) is 1. The molecule has 22 heavy (non-hydrogen) atoms. The molecule has 1 aliphatic heterocycles. The highest BCUT2D eigenvalue weighted by atomic mass is 32.2. The number of hydrogen-bond acceptors (Lipinski definition) is 4. The van der Waals surface area contributed by atoms with Gasteiger partial charge in [-0.3, -0.25) is 4.90 Å². The molecule has 1 N–H and O–H groups in total. The highest BCUT2D eigenvalue weighted by Crippen LogP contribution is 2.26. The van der Waals surface area contributed by atoms with Crippen LogP contribution < -0.4 is 9.46 Å². The average molecular weight is 327 g/mol. The molecule has 0 spiro atoms. The minimum Gasteiger partial charge on any atom is -0.497 e. The van der Waals surface area contributed by atoms with Gasteiger partial charge in [-0.15, -0.1) is 0 Å². The van der Waals surface area contributed by atoms with Crippen molar-refractivity contribution < 1.29 is 13.2 Å². The zero-order chi connectivity index (χ0) is 16.2. The first-order chi connectivity index (χ1) is 10.4. The highest BCUT2D eigenvalue weighted by Gasteiger charge is 2.25. The summed E-state index contributed by atoms with van der Waals surface area (Å²) in [6.45, 7) is 2.37. The molecule has 1 atom stereocenters. The van der Waals surface area contributed by atoms with E-state index in [0.717, 1.165) is 37.2 Å². The number of rotatable bonds is 7. The SMILES string of the molecule is COc1ccc(C(CNS(=O)(=O)N(C)C)N2CCCC2)cc1. The first kappa shape index (κ1) is 17.2. The predicted octanol–water partition coefficient (Wildman–Crippen LogP) is 1.23. The monoisotopic (exact) mass is 327 g/mol. The fraction of sp³-hybridized carbons (Fsp3) is 0.600. The van der Waals surface area contributed by atoms with E-state index >= 15 is 0 Å². The summed E-state index contributed by atoms with van der Waals surface area (Å²) in [4.78, 5) is 2.33. The Morgan fingerprint density at radius 3 is 2.32 bits per heavy atom. The van der Waals surface area contributed by atoms with E-state index in [0.29, 0.717) is 6.54 Å². The van der Waals surface area contributed by atoms with Gasteiger partial charge in [0.25, 0.3) is 10.2 Å². The third-order valence-electron chi connectivity index (χ3n) is 4.02. The van der Waals surface area contributed by atoms with Crippen molar-refractivity contribution in [2.75, 3.05) is 40.8 Å². The van der Waals surface area contributed by atoms with Crippen molar-refractivity contribution in [3.63, 3.8) is 0 Å². The number of ether oxygens (including phenoxy) is 1. The van der Waals surface area contributed by atoms with Gasteiger partial charge in [-0.2, -0.15) is 12.7 Å². The second-order valence-corrected chi connectivity index (χ2v) is 7.64. The van der Waals surface area contributed by atoms with Crippen LogP contribution in [-0.2, 0) is 10.2 Å². The second-order valence-electron chi connectivity index (χ2n) is 5.67. The Bertz CT molecular complexity index is 566. The van der Waals surface area contributed by atoms with E-state index in [1.807, 2.05) is 24.3 Å². The van der Waals surface area contributed by atoms with E-state index in [-0.39, 0.29) is 6.04 Å². The Balaban J connectivity index is 2.15. The Labute approximate surface area is 133 Å². The number of hydrogen-bond donors (Lipinski definition) is 1. The summed E-state index contributed by atoms with van der Waals surface area (Å²) in [6.07, 6.45) is 2.32. The number of likely N-dealkylation sites (tertiary alicyclic amines) is 1. The largest absolute Gasteiger partial charge is 0.497 e. The number of nitrogens with zero attached hydrogens (tertiary/aromatic N) is 2. The summed E-state index contributed by atoms with van der Waals surface area (Å²) < 4.78 is 33.0. The van der Waals surface area contributed by atoms with Gasteiger partial charge in [0.05, 0.1) is 7.11 Å². The molecule has 0 aliphatic carbocycles. The van der Waals surface area contributed by atoms with Crippen molar-refractivity contribution in [2.24, 2.45) is 0 Å². The Morgan fingerprint density at radius 1 is 1.23 bits per heavy atom. The first-order valence-electron chi connectivity index (χ1n) is 7.49. The van der Waals surface area contributed by atoms with Crippen molar-refractivity contribution in [2.45, 2.75) is 18.9 Å². The van der Waals surface area contributed by atoms with Gasteiger partial charge in [-0.05, 0) is 43.6 Å². The maximum Gasteiger partial charge on any atom is 0.278 e. The predicted molar refractivity (Wildman–Crippen MR) is 87.2 cm³/mol. The molecular weight excluding hydrogens is 302 g/mol. The maximum absolute atomic E-state index is 12.0. The molecule has 2 rings (SSSR count). The lowest BCUT2D eigenvalue weighted by molar-refractivity contribution is 0.245. The van der Waals surface area contributed by atoms with Crippen LogP contribution in [0.15, 0.2) is 24.3 Å². The van der Waals surface area contributed by atoms with E-state index in [1.165, 1.54) is 18.4 Å². The third kappa shape index (κ3) is 4.19. The van der Waals surface area contributed by atoms with E-state index in [9.17, 15) is 8.42 Å². The molecule has 0 radical (unpaired) electrons. The standard InChI is InChI=1S/C15H25N3O3S/c1-17(2)22(19,20)16-12-15(18-10-4-5-11-18)13-6-8-14(21-3)9-7-13/h6-9,15-16H,4-5,10-12H2,1-3H3. The molecule has 1 saturated heterocycles. The van der Waals surface area contributed by atoms with Gasteiger partial charge in [0.2, 0.25) is 0 Å². The van der Waals surface area contributed by atoms with E-state index in [4.69, 9.17) is 4.74 Å². The van der Waals surface area contributed by atoms with Crippen LogP contribution in [-0.4, -0.2) is 58.5 Å². The summed E-state index contributed by atoms with van der Waals surface area (Å²) in [5, 5.41) is 0. The Hall–Kier alpha value is -1.15. The van der Waals surface area contributed by atoms with Crippen LogP contribution >= 0.6 is 0 Å². The quantitative estimate of drug-likeness (QED) is 0.818. The third-order valence-corrected chi connectivity index (χ3v) is 5.51. The minimum absolute atomic E-state index is 0.0446. The van der Waals surface area contributed by atoms with Crippen LogP contribution in [0, 0.1) is 0 Å².